The molecule has 1 aliphatic rings. The Morgan fingerprint density at radius 3 is 2.29 bits per heavy atom. The van der Waals surface area contributed by atoms with Crippen LogP contribution in [-0.4, -0.2) is 49.7 Å². The number of morpholine rings is 1. The van der Waals surface area contributed by atoms with E-state index in [1.54, 1.807) is 0 Å². The molecule has 2 rings (SSSR count). The summed E-state index contributed by atoms with van der Waals surface area (Å²) in [6.07, 6.45) is 3.27. The second-order valence-electron chi connectivity index (χ2n) is 6.55. The Bertz CT molecular complexity index is 491. The quantitative estimate of drug-likeness (QED) is 0.795. The van der Waals surface area contributed by atoms with Crippen LogP contribution < -0.4 is 5.32 Å². The van der Waals surface area contributed by atoms with Crippen molar-refractivity contribution < 1.29 is 9.53 Å². The molecule has 1 fully saturated rings. The van der Waals surface area contributed by atoms with Crippen molar-refractivity contribution in [1.82, 2.24) is 10.2 Å². The zero-order valence-corrected chi connectivity index (χ0v) is 15.4. The van der Waals surface area contributed by atoms with Crippen LogP contribution in [0, 0.1) is 5.92 Å². The van der Waals surface area contributed by atoms with Gasteiger partial charge >= 0.3 is 0 Å². The van der Waals surface area contributed by atoms with Gasteiger partial charge in [-0.05, 0) is 30.0 Å². The maximum atomic E-state index is 12.5. The molecule has 1 aliphatic heterocycles. The van der Waals surface area contributed by atoms with Crippen molar-refractivity contribution >= 4 is 5.91 Å². The number of amides is 1. The fraction of sp³-hybridized carbons (Fsp3) is 0.650. The first-order valence-electron chi connectivity index (χ1n) is 9.38. The van der Waals surface area contributed by atoms with Crippen LogP contribution in [-0.2, 0) is 11.2 Å². The molecule has 1 N–H and O–H groups in total. The first kappa shape index (κ1) is 18.9. The van der Waals surface area contributed by atoms with Crippen LogP contribution in [0.25, 0.3) is 0 Å². The minimum absolute atomic E-state index is 0.0295. The van der Waals surface area contributed by atoms with Crippen molar-refractivity contribution in [3.8, 4) is 0 Å². The van der Waals surface area contributed by atoms with Crippen molar-refractivity contribution in [3.05, 3.63) is 35.4 Å². The first-order chi connectivity index (χ1) is 11.7. The molecule has 1 aromatic rings. The molecule has 1 atom stereocenters. The Balaban J connectivity index is 1.98. The normalized spacial score (nSPS) is 17.0. The zero-order chi connectivity index (χ0) is 17.4. The third-order valence-corrected chi connectivity index (χ3v) is 5.20. The van der Waals surface area contributed by atoms with E-state index < -0.39 is 0 Å². The van der Waals surface area contributed by atoms with Crippen LogP contribution in [0.3, 0.4) is 0 Å². The van der Waals surface area contributed by atoms with E-state index in [1.165, 1.54) is 5.56 Å². The Morgan fingerprint density at radius 2 is 1.75 bits per heavy atom. The standard InChI is InChI=1S/C20H32N2O2/c1-4-16-7-9-18(10-8-16)20(23)21-15-19(17(5-2)6-3)22-11-13-24-14-12-22/h7-10,17,19H,4-6,11-15H2,1-3H3,(H,21,23). The highest BCUT2D eigenvalue weighted by atomic mass is 16.5. The average Bonchev–Trinajstić information content (AvgIpc) is 2.65. The van der Waals surface area contributed by atoms with Gasteiger partial charge in [0.2, 0.25) is 0 Å². The molecule has 4 heteroatoms. The smallest absolute Gasteiger partial charge is 0.251 e. The van der Waals surface area contributed by atoms with Crippen molar-refractivity contribution in [2.75, 3.05) is 32.8 Å². The summed E-state index contributed by atoms with van der Waals surface area (Å²) in [4.78, 5) is 15.0. The zero-order valence-electron chi connectivity index (χ0n) is 15.4. The number of rotatable bonds is 8. The summed E-state index contributed by atoms with van der Waals surface area (Å²) in [7, 11) is 0. The summed E-state index contributed by atoms with van der Waals surface area (Å²) < 4.78 is 5.48. The molecule has 24 heavy (non-hydrogen) atoms. The number of hydrogen-bond donors (Lipinski definition) is 1. The summed E-state index contributed by atoms with van der Waals surface area (Å²) in [5.74, 6) is 0.632. The topological polar surface area (TPSA) is 41.6 Å². The minimum atomic E-state index is 0.0295. The predicted molar refractivity (Wildman–Crippen MR) is 98.4 cm³/mol. The van der Waals surface area contributed by atoms with Crippen LogP contribution in [0.4, 0.5) is 0 Å². The van der Waals surface area contributed by atoms with Gasteiger partial charge in [-0.2, -0.15) is 0 Å². The Kier molecular flexibility index (Phi) is 7.73. The van der Waals surface area contributed by atoms with Gasteiger partial charge in [0, 0.05) is 31.2 Å². The van der Waals surface area contributed by atoms with Gasteiger partial charge in [-0.1, -0.05) is 45.7 Å². The molecule has 0 aromatic heterocycles. The highest BCUT2D eigenvalue weighted by molar-refractivity contribution is 5.94. The van der Waals surface area contributed by atoms with Crippen molar-refractivity contribution in [2.24, 2.45) is 5.92 Å². The molecule has 1 heterocycles. The lowest BCUT2D eigenvalue weighted by Crippen LogP contribution is -2.52. The molecule has 4 nitrogen and oxygen atoms in total. The molecule has 0 aliphatic carbocycles. The lowest BCUT2D eigenvalue weighted by molar-refractivity contribution is 0.00191. The van der Waals surface area contributed by atoms with Gasteiger partial charge in [0.15, 0.2) is 0 Å². The Morgan fingerprint density at radius 1 is 1.12 bits per heavy atom. The van der Waals surface area contributed by atoms with E-state index in [9.17, 15) is 4.79 Å². The minimum Gasteiger partial charge on any atom is -0.379 e. The molecular weight excluding hydrogens is 300 g/mol. The monoisotopic (exact) mass is 332 g/mol. The SMILES string of the molecule is CCc1ccc(C(=O)NCC(C(CC)CC)N2CCOCC2)cc1. The number of aryl methyl sites for hydroxylation is 1. The number of nitrogens with one attached hydrogen (secondary N) is 1. The number of hydrogen-bond acceptors (Lipinski definition) is 3. The van der Waals surface area contributed by atoms with E-state index in [0.717, 1.165) is 51.1 Å². The number of ether oxygens (including phenoxy) is 1. The van der Waals surface area contributed by atoms with Gasteiger partial charge in [0.05, 0.1) is 13.2 Å². The van der Waals surface area contributed by atoms with Gasteiger partial charge in [0.25, 0.3) is 5.91 Å². The third kappa shape index (κ3) is 5.05. The van der Waals surface area contributed by atoms with E-state index in [1.807, 2.05) is 24.3 Å². The number of carbonyl (C=O) groups excluding carboxylic acids is 1. The van der Waals surface area contributed by atoms with Gasteiger partial charge in [-0.15, -0.1) is 0 Å². The van der Waals surface area contributed by atoms with Crippen LogP contribution in [0.2, 0.25) is 0 Å². The second-order valence-corrected chi connectivity index (χ2v) is 6.55. The van der Waals surface area contributed by atoms with E-state index in [0.29, 0.717) is 18.5 Å². The molecule has 1 aromatic carbocycles. The maximum Gasteiger partial charge on any atom is 0.251 e. The Labute approximate surface area is 146 Å². The molecule has 0 radical (unpaired) electrons. The predicted octanol–water partition coefficient (Wildman–Crippen LogP) is 3.12. The molecule has 0 bridgehead atoms. The van der Waals surface area contributed by atoms with E-state index >= 15 is 0 Å². The van der Waals surface area contributed by atoms with E-state index in [2.05, 4.69) is 31.0 Å². The van der Waals surface area contributed by atoms with Crippen LogP contribution in [0.15, 0.2) is 24.3 Å². The highest BCUT2D eigenvalue weighted by Gasteiger charge is 2.27. The molecular formula is C20H32N2O2. The van der Waals surface area contributed by atoms with E-state index in [-0.39, 0.29) is 5.91 Å². The number of nitrogens with zero attached hydrogens (tertiary/aromatic N) is 1. The van der Waals surface area contributed by atoms with Gasteiger partial charge in [-0.25, -0.2) is 0 Å². The van der Waals surface area contributed by atoms with Crippen molar-refractivity contribution in [1.29, 1.82) is 0 Å². The van der Waals surface area contributed by atoms with Crippen LogP contribution in [0.1, 0.15) is 49.5 Å². The average molecular weight is 332 g/mol. The lowest BCUT2D eigenvalue weighted by atomic mass is 9.92. The highest BCUT2D eigenvalue weighted by Crippen LogP contribution is 2.19. The third-order valence-electron chi connectivity index (χ3n) is 5.20. The number of carbonyl (C=O) groups is 1. The van der Waals surface area contributed by atoms with Gasteiger partial charge in [-0.3, -0.25) is 9.69 Å². The van der Waals surface area contributed by atoms with Crippen LogP contribution >= 0.6 is 0 Å². The number of benzene rings is 1. The van der Waals surface area contributed by atoms with Gasteiger partial charge < -0.3 is 10.1 Å². The summed E-state index contributed by atoms with van der Waals surface area (Å²) in [6, 6.07) is 8.32. The van der Waals surface area contributed by atoms with Crippen molar-refractivity contribution in [2.45, 2.75) is 46.1 Å². The summed E-state index contributed by atoms with van der Waals surface area (Å²) in [5, 5.41) is 3.16. The van der Waals surface area contributed by atoms with Crippen LogP contribution in [0.5, 0.6) is 0 Å². The lowest BCUT2D eigenvalue weighted by Gasteiger charge is -2.38. The fourth-order valence-electron chi connectivity index (χ4n) is 3.53. The van der Waals surface area contributed by atoms with E-state index in [4.69, 9.17) is 4.74 Å². The first-order valence-corrected chi connectivity index (χ1v) is 9.38. The second kappa shape index (κ2) is 9.80. The van der Waals surface area contributed by atoms with Crippen molar-refractivity contribution in [3.63, 3.8) is 0 Å². The molecule has 1 unspecified atom stereocenters. The summed E-state index contributed by atoms with van der Waals surface area (Å²) in [5.41, 5.74) is 2.01. The Hall–Kier alpha value is -1.39. The fourth-order valence-corrected chi connectivity index (χ4v) is 3.53. The molecule has 0 spiro atoms. The molecule has 1 saturated heterocycles. The molecule has 134 valence electrons. The summed E-state index contributed by atoms with van der Waals surface area (Å²) in [6.45, 7) is 10.8. The molecule has 0 saturated carbocycles. The molecule has 1 amide bonds. The van der Waals surface area contributed by atoms with Gasteiger partial charge in [0.1, 0.15) is 0 Å². The maximum absolute atomic E-state index is 12.5. The summed E-state index contributed by atoms with van der Waals surface area (Å²) >= 11 is 0. The largest absolute Gasteiger partial charge is 0.379 e.